The molecular formula is C16H27N3O2. The minimum absolute atomic E-state index is 0.0327. The van der Waals surface area contributed by atoms with Gasteiger partial charge in [-0.25, -0.2) is 0 Å². The monoisotopic (exact) mass is 293 g/mol. The van der Waals surface area contributed by atoms with Crippen LogP contribution in [0.5, 0.6) is 5.75 Å². The molecule has 0 atom stereocenters. The highest BCUT2D eigenvalue weighted by Gasteiger charge is 2.09. The standard InChI is InChI=1S/C16H27N3O2/c1-5-6-9-17-15(20)12-21-14-8-7-13(18-11-14)10-19-16(2,3)4/h7-8,11,19H,5-6,9-10,12H2,1-4H3,(H,17,20). The third-order valence-corrected chi connectivity index (χ3v) is 2.82. The van der Waals surface area contributed by atoms with E-state index in [9.17, 15) is 4.79 Å². The molecule has 0 saturated carbocycles. The summed E-state index contributed by atoms with van der Waals surface area (Å²) in [5, 5.41) is 6.18. The van der Waals surface area contributed by atoms with Crippen molar-refractivity contribution < 1.29 is 9.53 Å². The van der Waals surface area contributed by atoms with Crippen LogP contribution in [-0.4, -0.2) is 29.6 Å². The number of nitrogens with zero attached hydrogens (tertiary/aromatic N) is 1. The molecule has 0 aliphatic heterocycles. The number of carbonyl (C=O) groups is 1. The molecule has 1 heterocycles. The fourth-order valence-corrected chi connectivity index (χ4v) is 1.56. The van der Waals surface area contributed by atoms with Crippen molar-refractivity contribution in [2.75, 3.05) is 13.2 Å². The fraction of sp³-hybridized carbons (Fsp3) is 0.625. The Morgan fingerprint density at radius 3 is 2.67 bits per heavy atom. The van der Waals surface area contributed by atoms with Gasteiger partial charge >= 0.3 is 0 Å². The Hall–Kier alpha value is -1.62. The molecule has 0 aromatic carbocycles. The van der Waals surface area contributed by atoms with Crippen LogP contribution in [0, 0.1) is 0 Å². The first kappa shape index (κ1) is 17.4. The SMILES string of the molecule is CCCCNC(=O)COc1ccc(CNC(C)(C)C)nc1. The molecule has 0 aliphatic rings. The van der Waals surface area contributed by atoms with E-state index in [2.05, 4.69) is 43.3 Å². The van der Waals surface area contributed by atoms with Crippen molar-refractivity contribution >= 4 is 5.91 Å². The van der Waals surface area contributed by atoms with Crippen LogP contribution in [-0.2, 0) is 11.3 Å². The lowest BCUT2D eigenvalue weighted by Crippen LogP contribution is -2.35. The largest absolute Gasteiger partial charge is 0.482 e. The Morgan fingerprint density at radius 1 is 1.33 bits per heavy atom. The molecule has 5 heteroatoms. The van der Waals surface area contributed by atoms with Gasteiger partial charge in [0.25, 0.3) is 5.91 Å². The second kappa shape index (κ2) is 8.62. The third kappa shape index (κ3) is 8.30. The number of nitrogens with one attached hydrogen (secondary N) is 2. The van der Waals surface area contributed by atoms with E-state index in [0.29, 0.717) is 18.8 Å². The number of rotatable bonds is 8. The van der Waals surface area contributed by atoms with Crippen molar-refractivity contribution in [1.82, 2.24) is 15.6 Å². The summed E-state index contributed by atoms with van der Waals surface area (Å²) in [6.07, 6.45) is 3.71. The number of amides is 1. The molecule has 1 rings (SSSR count). The van der Waals surface area contributed by atoms with E-state index >= 15 is 0 Å². The minimum atomic E-state index is -0.0954. The van der Waals surface area contributed by atoms with Gasteiger partial charge in [-0.3, -0.25) is 9.78 Å². The molecule has 0 fully saturated rings. The summed E-state index contributed by atoms with van der Waals surface area (Å²) in [7, 11) is 0. The van der Waals surface area contributed by atoms with Gasteiger partial charge in [-0.15, -0.1) is 0 Å². The van der Waals surface area contributed by atoms with Gasteiger partial charge in [-0.1, -0.05) is 13.3 Å². The van der Waals surface area contributed by atoms with E-state index in [1.807, 2.05) is 12.1 Å². The summed E-state index contributed by atoms with van der Waals surface area (Å²) in [4.78, 5) is 15.8. The van der Waals surface area contributed by atoms with Gasteiger partial charge in [0, 0.05) is 18.6 Å². The second-order valence-corrected chi connectivity index (χ2v) is 6.08. The van der Waals surface area contributed by atoms with Crippen LogP contribution < -0.4 is 15.4 Å². The third-order valence-electron chi connectivity index (χ3n) is 2.82. The summed E-state index contributed by atoms with van der Waals surface area (Å²) in [6.45, 7) is 9.87. The molecule has 1 aromatic heterocycles. The summed E-state index contributed by atoms with van der Waals surface area (Å²) >= 11 is 0. The highest BCUT2D eigenvalue weighted by atomic mass is 16.5. The maximum atomic E-state index is 11.5. The van der Waals surface area contributed by atoms with Crippen molar-refractivity contribution in [2.45, 2.75) is 52.6 Å². The van der Waals surface area contributed by atoms with Crippen molar-refractivity contribution in [1.29, 1.82) is 0 Å². The number of unbranched alkanes of at least 4 members (excludes halogenated alkanes) is 1. The molecule has 118 valence electrons. The zero-order valence-corrected chi connectivity index (χ0v) is 13.5. The first-order valence-corrected chi connectivity index (χ1v) is 7.50. The summed E-state index contributed by atoms with van der Waals surface area (Å²) in [5.74, 6) is 0.516. The van der Waals surface area contributed by atoms with Gasteiger partial charge < -0.3 is 15.4 Å². The van der Waals surface area contributed by atoms with Gasteiger partial charge in [-0.2, -0.15) is 0 Å². The van der Waals surface area contributed by atoms with E-state index in [4.69, 9.17) is 4.74 Å². The van der Waals surface area contributed by atoms with E-state index in [0.717, 1.165) is 18.5 Å². The van der Waals surface area contributed by atoms with Crippen LogP contribution in [0.25, 0.3) is 0 Å². The Labute approximate surface area is 127 Å². The quantitative estimate of drug-likeness (QED) is 0.722. The summed E-state index contributed by atoms with van der Waals surface area (Å²) < 4.78 is 5.40. The lowest BCUT2D eigenvalue weighted by atomic mass is 10.1. The molecule has 0 unspecified atom stereocenters. The fourth-order valence-electron chi connectivity index (χ4n) is 1.56. The lowest BCUT2D eigenvalue weighted by molar-refractivity contribution is -0.123. The number of hydrogen-bond donors (Lipinski definition) is 2. The molecular weight excluding hydrogens is 266 g/mol. The highest BCUT2D eigenvalue weighted by Crippen LogP contribution is 2.10. The number of aromatic nitrogens is 1. The number of hydrogen-bond acceptors (Lipinski definition) is 4. The summed E-state index contributed by atoms with van der Waals surface area (Å²) in [5.41, 5.74) is 1.01. The predicted octanol–water partition coefficient (Wildman–Crippen LogP) is 2.26. The molecule has 0 saturated heterocycles. The van der Waals surface area contributed by atoms with Crippen molar-refractivity contribution in [3.63, 3.8) is 0 Å². The summed E-state index contributed by atoms with van der Waals surface area (Å²) in [6, 6.07) is 3.75. The van der Waals surface area contributed by atoms with Crippen LogP contribution in [0.1, 0.15) is 46.2 Å². The first-order valence-electron chi connectivity index (χ1n) is 7.50. The van der Waals surface area contributed by atoms with E-state index in [1.165, 1.54) is 0 Å². The predicted molar refractivity (Wildman–Crippen MR) is 84.2 cm³/mol. The smallest absolute Gasteiger partial charge is 0.257 e. The maximum Gasteiger partial charge on any atom is 0.257 e. The molecule has 1 aromatic rings. The number of pyridine rings is 1. The van der Waals surface area contributed by atoms with E-state index in [-0.39, 0.29) is 18.1 Å². The van der Waals surface area contributed by atoms with Gasteiger partial charge in [-0.05, 0) is 39.3 Å². The molecule has 0 aliphatic carbocycles. The zero-order valence-electron chi connectivity index (χ0n) is 13.5. The van der Waals surface area contributed by atoms with Crippen LogP contribution in [0.4, 0.5) is 0 Å². The second-order valence-electron chi connectivity index (χ2n) is 6.08. The van der Waals surface area contributed by atoms with E-state index < -0.39 is 0 Å². The molecule has 0 radical (unpaired) electrons. The molecule has 2 N–H and O–H groups in total. The van der Waals surface area contributed by atoms with Crippen LogP contribution in [0.3, 0.4) is 0 Å². The van der Waals surface area contributed by atoms with Crippen molar-refractivity contribution in [3.05, 3.63) is 24.0 Å². The highest BCUT2D eigenvalue weighted by molar-refractivity contribution is 5.77. The van der Waals surface area contributed by atoms with Gasteiger partial charge in [0.1, 0.15) is 5.75 Å². The Kier molecular flexibility index (Phi) is 7.15. The lowest BCUT2D eigenvalue weighted by Gasteiger charge is -2.20. The van der Waals surface area contributed by atoms with Crippen LogP contribution >= 0.6 is 0 Å². The number of ether oxygens (including phenoxy) is 1. The number of carbonyl (C=O) groups excluding carboxylic acids is 1. The van der Waals surface area contributed by atoms with Gasteiger partial charge in [0.05, 0.1) is 11.9 Å². The topological polar surface area (TPSA) is 63.2 Å². The Morgan fingerprint density at radius 2 is 2.10 bits per heavy atom. The van der Waals surface area contributed by atoms with Crippen molar-refractivity contribution in [2.24, 2.45) is 0 Å². The minimum Gasteiger partial charge on any atom is -0.482 e. The average Bonchev–Trinajstić information content (AvgIpc) is 2.43. The van der Waals surface area contributed by atoms with Gasteiger partial charge in [0.2, 0.25) is 0 Å². The molecule has 0 spiro atoms. The zero-order chi connectivity index (χ0) is 15.7. The van der Waals surface area contributed by atoms with Crippen molar-refractivity contribution in [3.8, 4) is 5.75 Å². The molecule has 1 amide bonds. The first-order chi connectivity index (χ1) is 9.90. The maximum absolute atomic E-state index is 11.5. The normalized spacial score (nSPS) is 11.2. The Balaban J connectivity index is 2.32. The average molecular weight is 293 g/mol. The molecule has 5 nitrogen and oxygen atoms in total. The van der Waals surface area contributed by atoms with Crippen LogP contribution in [0.15, 0.2) is 18.3 Å². The molecule has 21 heavy (non-hydrogen) atoms. The Bertz CT molecular complexity index is 424. The van der Waals surface area contributed by atoms with E-state index in [1.54, 1.807) is 6.20 Å². The van der Waals surface area contributed by atoms with Crippen LogP contribution in [0.2, 0.25) is 0 Å². The van der Waals surface area contributed by atoms with Gasteiger partial charge in [0.15, 0.2) is 6.61 Å². The molecule has 0 bridgehead atoms.